The van der Waals surface area contributed by atoms with E-state index >= 15 is 0 Å². The molecule has 0 saturated heterocycles. The lowest BCUT2D eigenvalue weighted by atomic mass is 9.94. The van der Waals surface area contributed by atoms with Crippen LogP contribution in [0, 0.1) is 5.82 Å². The van der Waals surface area contributed by atoms with Gasteiger partial charge in [0, 0.05) is 11.8 Å². The van der Waals surface area contributed by atoms with Crippen LogP contribution in [0.1, 0.15) is 17.2 Å². The monoisotopic (exact) mass is 246 g/mol. The summed E-state index contributed by atoms with van der Waals surface area (Å²) in [6.45, 7) is 0. The van der Waals surface area contributed by atoms with Crippen LogP contribution in [0.4, 0.5) is 4.39 Å². The predicted molar refractivity (Wildman–Crippen MR) is 69.3 cm³/mol. The molecule has 1 atom stereocenters. The molecule has 1 heterocycles. The zero-order chi connectivity index (χ0) is 12.3. The van der Waals surface area contributed by atoms with Gasteiger partial charge in [0.25, 0.3) is 0 Å². The number of aromatic nitrogens is 1. The standard InChI is InChI=1S/C13H11FN2S/c14-10-6-2-1-5-9(10)12(13(15)17)11-7-3-4-8-16-11/h1-8,12H,(H2,15,17). The molecular formula is C13H11FN2S. The molecule has 1 unspecified atom stereocenters. The Labute approximate surface area is 104 Å². The Bertz CT molecular complexity index is 528. The van der Waals surface area contributed by atoms with Gasteiger partial charge >= 0.3 is 0 Å². The zero-order valence-corrected chi connectivity index (χ0v) is 9.82. The van der Waals surface area contributed by atoms with Gasteiger partial charge in [-0.2, -0.15) is 0 Å². The highest BCUT2D eigenvalue weighted by atomic mass is 32.1. The van der Waals surface area contributed by atoms with Crippen molar-refractivity contribution in [3.05, 3.63) is 65.7 Å². The van der Waals surface area contributed by atoms with Gasteiger partial charge in [-0.15, -0.1) is 0 Å². The van der Waals surface area contributed by atoms with E-state index in [1.807, 2.05) is 6.07 Å². The molecule has 2 rings (SSSR count). The van der Waals surface area contributed by atoms with Gasteiger partial charge in [-0.1, -0.05) is 36.5 Å². The Balaban J connectivity index is 2.51. The second-order valence-electron chi connectivity index (χ2n) is 3.61. The Morgan fingerprint density at radius 3 is 2.47 bits per heavy atom. The first-order chi connectivity index (χ1) is 8.20. The van der Waals surface area contributed by atoms with E-state index < -0.39 is 5.92 Å². The summed E-state index contributed by atoms with van der Waals surface area (Å²) in [4.78, 5) is 4.40. The lowest BCUT2D eigenvalue weighted by Gasteiger charge is -2.15. The molecule has 1 aromatic carbocycles. The molecule has 0 saturated carbocycles. The van der Waals surface area contributed by atoms with Gasteiger partial charge in [0.05, 0.1) is 16.6 Å². The van der Waals surface area contributed by atoms with E-state index in [0.29, 0.717) is 11.3 Å². The van der Waals surface area contributed by atoms with Crippen LogP contribution in [0.15, 0.2) is 48.7 Å². The molecule has 17 heavy (non-hydrogen) atoms. The molecule has 0 aliphatic heterocycles. The largest absolute Gasteiger partial charge is 0.392 e. The van der Waals surface area contributed by atoms with E-state index in [1.54, 1.807) is 36.5 Å². The van der Waals surface area contributed by atoms with E-state index in [1.165, 1.54) is 6.07 Å². The highest BCUT2D eigenvalue weighted by Crippen LogP contribution is 2.25. The third-order valence-corrected chi connectivity index (χ3v) is 2.72. The van der Waals surface area contributed by atoms with Crippen molar-refractivity contribution in [2.45, 2.75) is 5.92 Å². The number of thiocarbonyl (C=S) groups is 1. The summed E-state index contributed by atoms with van der Waals surface area (Å²) >= 11 is 5.01. The first-order valence-electron chi connectivity index (χ1n) is 5.15. The fourth-order valence-corrected chi connectivity index (χ4v) is 1.96. The lowest BCUT2D eigenvalue weighted by Crippen LogP contribution is -2.22. The Hall–Kier alpha value is -1.81. The summed E-state index contributed by atoms with van der Waals surface area (Å²) in [5.41, 5.74) is 6.81. The average Bonchev–Trinajstić information content (AvgIpc) is 2.33. The van der Waals surface area contributed by atoms with Crippen LogP contribution >= 0.6 is 12.2 Å². The van der Waals surface area contributed by atoms with Crippen molar-refractivity contribution in [3.8, 4) is 0 Å². The fourth-order valence-electron chi connectivity index (χ4n) is 1.71. The van der Waals surface area contributed by atoms with E-state index in [9.17, 15) is 4.39 Å². The number of hydrogen-bond donors (Lipinski definition) is 1. The van der Waals surface area contributed by atoms with Crippen LogP contribution < -0.4 is 5.73 Å². The minimum Gasteiger partial charge on any atom is -0.392 e. The maximum absolute atomic E-state index is 13.7. The second kappa shape index (κ2) is 5.01. The number of nitrogens with two attached hydrogens (primary N) is 1. The smallest absolute Gasteiger partial charge is 0.127 e. The molecule has 0 radical (unpaired) electrons. The van der Waals surface area contributed by atoms with Crippen molar-refractivity contribution in [3.63, 3.8) is 0 Å². The molecule has 0 fully saturated rings. The van der Waals surface area contributed by atoms with Gasteiger partial charge in [-0.25, -0.2) is 4.39 Å². The summed E-state index contributed by atoms with van der Waals surface area (Å²) in [7, 11) is 0. The predicted octanol–water partition coefficient (Wildman–Crippen LogP) is 2.64. The molecule has 4 heteroatoms. The van der Waals surface area contributed by atoms with E-state index in [4.69, 9.17) is 18.0 Å². The Kier molecular flexibility index (Phi) is 3.44. The van der Waals surface area contributed by atoms with E-state index in [0.717, 1.165) is 0 Å². The number of hydrogen-bond acceptors (Lipinski definition) is 2. The first kappa shape index (κ1) is 11.7. The van der Waals surface area contributed by atoms with Gasteiger partial charge in [-0.3, -0.25) is 4.98 Å². The Morgan fingerprint density at radius 2 is 1.88 bits per heavy atom. The maximum Gasteiger partial charge on any atom is 0.127 e. The SMILES string of the molecule is NC(=S)C(c1ccccn1)c1ccccc1F. The van der Waals surface area contributed by atoms with E-state index in [2.05, 4.69) is 4.98 Å². The van der Waals surface area contributed by atoms with Crippen LogP contribution in [-0.4, -0.2) is 9.97 Å². The minimum absolute atomic E-state index is 0.216. The fraction of sp³-hybridized carbons (Fsp3) is 0.0769. The third kappa shape index (κ3) is 2.47. The summed E-state index contributed by atoms with van der Waals surface area (Å²) in [5.74, 6) is -0.802. The molecule has 2 N–H and O–H groups in total. The molecule has 0 aliphatic rings. The quantitative estimate of drug-likeness (QED) is 0.846. The van der Waals surface area contributed by atoms with Crippen molar-refractivity contribution in [2.24, 2.45) is 5.73 Å². The Morgan fingerprint density at radius 1 is 1.18 bits per heavy atom. The molecule has 1 aromatic heterocycles. The molecule has 0 bridgehead atoms. The number of benzene rings is 1. The topological polar surface area (TPSA) is 38.9 Å². The summed E-state index contributed by atoms with van der Waals surface area (Å²) < 4.78 is 13.7. The molecule has 0 amide bonds. The van der Waals surface area contributed by atoms with Crippen molar-refractivity contribution in [2.75, 3.05) is 0 Å². The lowest BCUT2D eigenvalue weighted by molar-refractivity contribution is 0.609. The normalized spacial score (nSPS) is 12.1. The van der Waals surface area contributed by atoms with E-state index in [-0.39, 0.29) is 10.8 Å². The highest BCUT2D eigenvalue weighted by molar-refractivity contribution is 7.80. The number of nitrogens with zero attached hydrogens (tertiary/aromatic N) is 1. The van der Waals surface area contributed by atoms with Crippen LogP contribution in [0.25, 0.3) is 0 Å². The summed E-state index contributed by atoms with van der Waals surface area (Å²) in [6.07, 6.45) is 1.64. The van der Waals surface area contributed by atoms with Crippen LogP contribution in [0.2, 0.25) is 0 Å². The molecule has 0 spiro atoms. The van der Waals surface area contributed by atoms with Gasteiger partial charge < -0.3 is 5.73 Å². The van der Waals surface area contributed by atoms with Crippen molar-refractivity contribution < 1.29 is 4.39 Å². The minimum atomic E-state index is -0.479. The summed E-state index contributed by atoms with van der Waals surface area (Å²) in [5, 5.41) is 0. The average molecular weight is 246 g/mol. The van der Waals surface area contributed by atoms with Crippen molar-refractivity contribution in [1.82, 2.24) is 4.98 Å². The summed E-state index contributed by atoms with van der Waals surface area (Å²) in [6, 6.07) is 11.9. The van der Waals surface area contributed by atoms with Crippen LogP contribution in [0.3, 0.4) is 0 Å². The van der Waals surface area contributed by atoms with Gasteiger partial charge in [0.1, 0.15) is 5.82 Å². The first-order valence-corrected chi connectivity index (χ1v) is 5.55. The number of pyridine rings is 1. The van der Waals surface area contributed by atoms with Crippen molar-refractivity contribution in [1.29, 1.82) is 0 Å². The van der Waals surface area contributed by atoms with Crippen molar-refractivity contribution >= 4 is 17.2 Å². The van der Waals surface area contributed by atoms with Gasteiger partial charge in [0.15, 0.2) is 0 Å². The molecule has 2 aromatic rings. The molecule has 86 valence electrons. The molecule has 2 nitrogen and oxygen atoms in total. The van der Waals surface area contributed by atoms with Crippen LogP contribution in [-0.2, 0) is 0 Å². The second-order valence-corrected chi connectivity index (χ2v) is 4.08. The highest BCUT2D eigenvalue weighted by Gasteiger charge is 2.21. The third-order valence-electron chi connectivity index (χ3n) is 2.48. The molecular weight excluding hydrogens is 235 g/mol. The maximum atomic E-state index is 13.7. The van der Waals surface area contributed by atoms with Gasteiger partial charge in [0.2, 0.25) is 0 Å². The number of rotatable bonds is 3. The number of halogens is 1. The van der Waals surface area contributed by atoms with Gasteiger partial charge in [-0.05, 0) is 18.2 Å². The zero-order valence-electron chi connectivity index (χ0n) is 9.01. The van der Waals surface area contributed by atoms with Crippen LogP contribution in [0.5, 0.6) is 0 Å². The molecule has 0 aliphatic carbocycles.